The molecule has 0 radical (unpaired) electrons. The van der Waals surface area contributed by atoms with E-state index in [9.17, 15) is 13.2 Å². The van der Waals surface area contributed by atoms with E-state index >= 15 is 0 Å². The minimum absolute atomic E-state index is 0.102. The maximum absolute atomic E-state index is 13.8. The number of halogens is 4. The molecule has 0 aliphatic carbocycles. The summed E-state index contributed by atoms with van der Waals surface area (Å²) in [7, 11) is 0. The third-order valence-corrected chi connectivity index (χ3v) is 3.01. The predicted molar refractivity (Wildman–Crippen MR) is 69.7 cm³/mol. The molecule has 7 heteroatoms. The summed E-state index contributed by atoms with van der Waals surface area (Å²) in [5.41, 5.74) is -0.131. The van der Waals surface area contributed by atoms with Crippen LogP contribution in [0.25, 0.3) is 11.4 Å². The lowest BCUT2D eigenvalue weighted by atomic mass is 10.1. The van der Waals surface area contributed by atoms with Gasteiger partial charge in [-0.25, -0.2) is 13.2 Å². The third kappa shape index (κ3) is 2.65. The molecule has 108 valence electrons. The maximum Gasteiger partial charge on any atom is 0.195 e. The number of aromatic nitrogens is 3. The predicted octanol–water partition coefficient (Wildman–Crippen LogP) is 3.76. The van der Waals surface area contributed by atoms with E-state index in [0.717, 1.165) is 12.1 Å². The molecular formula is C13H13ClF3N3. The second-order valence-corrected chi connectivity index (χ2v) is 5.07. The molecule has 0 N–H and O–H groups in total. The van der Waals surface area contributed by atoms with Gasteiger partial charge in [0.05, 0.1) is 11.4 Å². The van der Waals surface area contributed by atoms with E-state index in [2.05, 4.69) is 10.2 Å². The van der Waals surface area contributed by atoms with Crippen LogP contribution < -0.4 is 0 Å². The van der Waals surface area contributed by atoms with Crippen molar-refractivity contribution < 1.29 is 13.2 Å². The molecule has 0 unspecified atom stereocenters. The lowest BCUT2D eigenvalue weighted by Gasteiger charge is -2.12. The molecule has 0 spiro atoms. The van der Waals surface area contributed by atoms with Crippen LogP contribution in [0.5, 0.6) is 0 Å². The van der Waals surface area contributed by atoms with Crippen LogP contribution in [0.15, 0.2) is 12.1 Å². The standard InChI is InChI=1S/C13H13ClF3N3/c1-7(2)6-20-10(5-14)18-19-13(20)8-3-4-9(15)12(17)11(8)16/h3-4,7H,5-6H2,1-2H3. The Hall–Kier alpha value is -1.56. The van der Waals surface area contributed by atoms with Crippen molar-refractivity contribution in [3.63, 3.8) is 0 Å². The Balaban J connectivity index is 2.58. The minimum atomic E-state index is -1.52. The number of alkyl halides is 1. The Kier molecular flexibility index (Phi) is 4.32. The summed E-state index contributed by atoms with van der Waals surface area (Å²) < 4.78 is 41.8. The Morgan fingerprint density at radius 1 is 1.15 bits per heavy atom. The van der Waals surface area contributed by atoms with Gasteiger partial charge in [-0.2, -0.15) is 0 Å². The normalized spacial score (nSPS) is 11.3. The topological polar surface area (TPSA) is 30.7 Å². The molecule has 1 aromatic carbocycles. The molecule has 2 rings (SSSR count). The van der Waals surface area contributed by atoms with Gasteiger partial charge in [0, 0.05) is 6.54 Å². The van der Waals surface area contributed by atoms with Crippen LogP contribution in [-0.4, -0.2) is 14.8 Å². The van der Waals surface area contributed by atoms with Crippen molar-refractivity contribution in [3.8, 4) is 11.4 Å². The molecule has 0 saturated heterocycles. The number of hydrogen-bond donors (Lipinski definition) is 0. The maximum atomic E-state index is 13.8. The second kappa shape index (κ2) is 5.83. The van der Waals surface area contributed by atoms with Gasteiger partial charge in [-0.15, -0.1) is 21.8 Å². The third-order valence-electron chi connectivity index (χ3n) is 2.77. The molecule has 0 amide bonds. The number of hydrogen-bond acceptors (Lipinski definition) is 2. The van der Waals surface area contributed by atoms with E-state index in [1.165, 1.54) is 0 Å². The zero-order valence-corrected chi connectivity index (χ0v) is 11.8. The SMILES string of the molecule is CC(C)Cn1c(CCl)nnc1-c1ccc(F)c(F)c1F. The molecule has 0 atom stereocenters. The highest BCUT2D eigenvalue weighted by atomic mass is 35.5. The summed E-state index contributed by atoms with van der Waals surface area (Å²) in [6, 6.07) is 2.01. The quantitative estimate of drug-likeness (QED) is 0.636. The largest absolute Gasteiger partial charge is 0.310 e. The summed E-state index contributed by atoms with van der Waals surface area (Å²) in [4.78, 5) is 0. The molecule has 3 nitrogen and oxygen atoms in total. The highest BCUT2D eigenvalue weighted by Gasteiger charge is 2.21. The lowest BCUT2D eigenvalue weighted by Crippen LogP contribution is -2.10. The van der Waals surface area contributed by atoms with E-state index in [0.29, 0.717) is 12.4 Å². The van der Waals surface area contributed by atoms with E-state index in [4.69, 9.17) is 11.6 Å². The first-order chi connectivity index (χ1) is 9.45. The van der Waals surface area contributed by atoms with Crippen LogP contribution in [0.1, 0.15) is 19.7 Å². The van der Waals surface area contributed by atoms with Gasteiger partial charge in [-0.05, 0) is 18.1 Å². The van der Waals surface area contributed by atoms with Crippen molar-refractivity contribution >= 4 is 11.6 Å². The molecule has 0 saturated carbocycles. The van der Waals surface area contributed by atoms with Crippen LogP contribution in [-0.2, 0) is 12.4 Å². The zero-order valence-electron chi connectivity index (χ0n) is 11.0. The van der Waals surface area contributed by atoms with Gasteiger partial charge in [-0.1, -0.05) is 13.8 Å². The van der Waals surface area contributed by atoms with Gasteiger partial charge in [0.2, 0.25) is 0 Å². The van der Waals surface area contributed by atoms with E-state index in [-0.39, 0.29) is 23.2 Å². The number of benzene rings is 1. The molecule has 0 aliphatic rings. The van der Waals surface area contributed by atoms with E-state index in [1.807, 2.05) is 13.8 Å². The minimum Gasteiger partial charge on any atom is -0.310 e. The molecule has 0 bridgehead atoms. The molecule has 20 heavy (non-hydrogen) atoms. The van der Waals surface area contributed by atoms with Crippen molar-refractivity contribution in [1.29, 1.82) is 0 Å². The van der Waals surface area contributed by atoms with Crippen molar-refractivity contribution in [2.24, 2.45) is 5.92 Å². The smallest absolute Gasteiger partial charge is 0.195 e. The Bertz CT molecular complexity index is 626. The second-order valence-electron chi connectivity index (χ2n) is 4.80. The van der Waals surface area contributed by atoms with Crippen LogP contribution in [0.3, 0.4) is 0 Å². The van der Waals surface area contributed by atoms with Gasteiger partial charge >= 0.3 is 0 Å². The van der Waals surface area contributed by atoms with Gasteiger partial charge in [0.1, 0.15) is 5.82 Å². The van der Waals surface area contributed by atoms with E-state index < -0.39 is 17.5 Å². The van der Waals surface area contributed by atoms with Gasteiger partial charge in [0.15, 0.2) is 23.3 Å². The average molecular weight is 304 g/mol. The van der Waals surface area contributed by atoms with E-state index in [1.54, 1.807) is 4.57 Å². The molecule has 1 heterocycles. The Morgan fingerprint density at radius 2 is 1.85 bits per heavy atom. The fourth-order valence-electron chi connectivity index (χ4n) is 1.89. The fourth-order valence-corrected chi connectivity index (χ4v) is 2.09. The lowest BCUT2D eigenvalue weighted by molar-refractivity contribution is 0.447. The summed E-state index contributed by atoms with van der Waals surface area (Å²) in [5.74, 6) is -3.09. The summed E-state index contributed by atoms with van der Waals surface area (Å²) in [5, 5.41) is 7.70. The molecule has 0 fully saturated rings. The van der Waals surface area contributed by atoms with Crippen LogP contribution in [0, 0.1) is 23.4 Å². The van der Waals surface area contributed by atoms with Crippen LogP contribution >= 0.6 is 11.6 Å². The first-order valence-electron chi connectivity index (χ1n) is 6.07. The Labute approximate surface area is 119 Å². The van der Waals surface area contributed by atoms with Gasteiger partial charge < -0.3 is 4.57 Å². The summed E-state index contributed by atoms with van der Waals surface area (Å²) >= 11 is 5.76. The number of rotatable bonds is 4. The number of nitrogens with zero attached hydrogens (tertiary/aromatic N) is 3. The van der Waals surface area contributed by atoms with Crippen LogP contribution in [0.2, 0.25) is 0 Å². The van der Waals surface area contributed by atoms with Gasteiger partial charge in [0.25, 0.3) is 0 Å². The van der Waals surface area contributed by atoms with Crippen molar-refractivity contribution in [2.75, 3.05) is 0 Å². The zero-order chi connectivity index (χ0) is 14.9. The van der Waals surface area contributed by atoms with Crippen LogP contribution in [0.4, 0.5) is 13.2 Å². The first kappa shape index (κ1) is 14.8. The van der Waals surface area contributed by atoms with Crippen molar-refractivity contribution in [3.05, 3.63) is 35.4 Å². The Morgan fingerprint density at radius 3 is 2.45 bits per heavy atom. The molecular weight excluding hydrogens is 291 g/mol. The van der Waals surface area contributed by atoms with Crippen molar-refractivity contribution in [1.82, 2.24) is 14.8 Å². The summed E-state index contributed by atoms with van der Waals surface area (Å²) in [6.07, 6.45) is 0. The fraction of sp³-hybridized carbons (Fsp3) is 0.385. The first-order valence-corrected chi connectivity index (χ1v) is 6.61. The monoisotopic (exact) mass is 303 g/mol. The van der Waals surface area contributed by atoms with Gasteiger partial charge in [-0.3, -0.25) is 0 Å². The molecule has 2 aromatic rings. The van der Waals surface area contributed by atoms with Crippen molar-refractivity contribution in [2.45, 2.75) is 26.3 Å². The summed E-state index contributed by atoms with van der Waals surface area (Å²) in [6.45, 7) is 4.43. The highest BCUT2D eigenvalue weighted by molar-refractivity contribution is 6.16. The molecule has 1 aromatic heterocycles. The molecule has 0 aliphatic heterocycles. The highest BCUT2D eigenvalue weighted by Crippen LogP contribution is 2.26. The average Bonchev–Trinajstić information content (AvgIpc) is 2.78.